The number of hydrogen-bond acceptors (Lipinski definition) is 2. The monoisotopic (exact) mass is 263 g/mol. The number of ketones is 1. The van der Waals surface area contributed by atoms with Crippen LogP contribution >= 0.6 is 0 Å². The number of carbonyl (C=O) groups is 1. The van der Waals surface area contributed by atoms with Crippen LogP contribution in [0.4, 0.5) is 13.2 Å². The summed E-state index contributed by atoms with van der Waals surface area (Å²) in [6.07, 6.45) is -2.24. The highest BCUT2D eigenvalue weighted by molar-refractivity contribution is 5.88. The van der Waals surface area contributed by atoms with Crippen molar-refractivity contribution in [3.8, 4) is 0 Å². The molecule has 2 unspecified atom stereocenters. The molecule has 2 fully saturated rings. The van der Waals surface area contributed by atoms with Gasteiger partial charge in [0, 0.05) is 24.4 Å². The molecule has 1 saturated heterocycles. The second-order valence-corrected chi connectivity index (χ2v) is 6.27. The fraction of sp³-hybridized carbons (Fsp3) is 0.923. The summed E-state index contributed by atoms with van der Waals surface area (Å²) in [7, 11) is 0. The van der Waals surface area contributed by atoms with Gasteiger partial charge in [0.1, 0.15) is 5.78 Å². The first-order valence-corrected chi connectivity index (χ1v) is 6.53. The molecule has 0 amide bonds. The van der Waals surface area contributed by atoms with Crippen LogP contribution in [-0.4, -0.2) is 36.5 Å². The van der Waals surface area contributed by atoms with Gasteiger partial charge >= 0.3 is 6.18 Å². The Kier molecular flexibility index (Phi) is 3.47. The van der Waals surface area contributed by atoms with Crippen LogP contribution in [-0.2, 0) is 4.79 Å². The lowest BCUT2D eigenvalue weighted by atomic mass is 9.89. The molecule has 0 bridgehead atoms. The first-order valence-electron chi connectivity index (χ1n) is 6.53. The van der Waals surface area contributed by atoms with Crippen LogP contribution in [0.15, 0.2) is 0 Å². The van der Waals surface area contributed by atoms with Gasteiger partial charge in [0.15, 0.2) is 0 Å². The summed E-state index contributed by atoms with van der Waals surface area (Å²) in [5.74, 6) is -1.05. The molecule has 2 nitrogen and oxygen atoms in total. The first-order chi connectivity index (χ1) is 8.20. The number of hydrogen-bond donors (Lipinski definition) is 0. The van der Waals surface area contributed by atoms with Crippen molar-refractivity contribution < 1.29 is 18.0 Å². The summed E-state index contributed by atoms with van der Waals surface area (Å²) in [4.78, 5) is 13.9. The van der Waals surface area contributed by atoms with Crippen LogP contribution in [0.1, 0.15) is 33.1 Å². The van der Waals surface area contributed by atoms with Crippen molar-refractivity contribution in [1.82, 2.24) is 4.90 Å². The third kappa shape index (κ3) is 2.71. The van der Waals surface area contributed by atoms with E-state index in [1.165, 1.54) is 0 Å². The van der Waals surface area contributed by atoms with Gasteiger partial charge < -0.3 is 4.90 Å². The van der Waals surface area contributed by atoms with Gasteiger partial charge in [-0.25, -0.2) is 0 Å². The maximum Gasteiger partial charge on any atom is 0.393 e. The lowest BCUT2D eigenvalue weighted by molar-refractivity contribution is -0.170. The van der Waals surface area contributed by atoms with Gasteiger partial charge in [0.05, 0.1) is 5.92 Å². The van der Waals surface area contributed by atoms with E-state index < -0.39 is 12.1 Å². The summed E-state index contributed by atoms with van der Waals surface area (Å²) >= 11 is 0. The average molecular weight is 263 g/mol. The maximum atomic E-state index is 12.6. The highest BCUT2D eigenvalue weighted by Crippen LogP contribution is 2.39. The standard InChI is InChI=1S/C13H20F3NO/c1-12(2)5-3-9(11(12)18)7-17-6-4-10(8-17)13(14,15)16/h9-10H,3-8H2,1-2H3. The molecule has 1 aliphatic carbocycles. The molecule has 104 valence electrons. The molecule has 0 aromatic heterocycles. The molecule has 1 heterocycles. The van der Waals surface area contributed by atoms with Crippen molar-refractivity contribution in [3.05, 3.63) is 0 Å². The summed E-state index contributed by atoms with van der Waals surface area (Å²) < 4.78 is 37.7. The predicted octanol–water partition coefficient (Wildman–Crippen LogP) is 2.88. The highest BCUT2D eigenvalue weighted by atomic mass is 19.4. The Morgan fingerprint density at radius 1 is 1.33 bits per heavy atom. The largest absolute Gasteiger partial charge is 0.393 e. The zero-order chi connectivity index (χ0) is 13.6. The summed E-state index contributed by atoms with van der Waals surface area (Å²) in [5, 5.41) is 0. The van der Waals surface area contributed by atoms with Crippen LogP contribution in [0.3, 0.4) is 0 Å². The van der Waals surface area contributed by atoms with Gasteiger partial charge in [-0.2, -0.15) is 13.2 Å². The second kappa shape index (κ2) is 4.51. The first kappa shape index (κ1) is 13.8. The van der Waals surface area contributed by atoms with Crippen molar-refractivity contribution in [2.45, 2.75) is 39.3 Å². The fourth-order valence-electron chi connectivity index (χ4n) is 3.09. The molecular weight excluding hydrogens is 243 g/mol. The molecule has 0 spiro atoms. The predicted molar refractivity (Wildman–Crippen MR) is 62.1 cm³/mol. The molecule has 0 aromatic carbocycles. The Bertz CT molecular complexity index is 338. The van der Waals surface area contributed by atoms with Crippen molar-refractivity contribution in [3.63, 3.8) is 0 Å². The number of alkyl halides is 3. The number of likely N-dealkylation sites (tertiary alicyclic amines) is 1. The van der Waals surface area contributed by atoms with E-state index in [2.05, 4.69) is 0 Å². The summed E-state index contributed by atoms with van der Waals surface area (Å²) in [6, 6.07) is 0. The van der Waals surface area contributed by atoms with Crippen molar-refractivity contribution >= 4 is 5.78 Å². The van der Waals surface area contributed by atoms with Gasteiger partial charge in [0.25, 0.3) is 0 Å². The molecule has 2 atom stereocenters. The summed E-state index contributed by atoms with van der Waals surface area (Å²) in [6.45, 7) is 4.90. The van der Waals surface area contributed by atoms with E-state index in [-0.39, 0.29) is 30.1 Å². The van der Waals surface area contributed by atoms with E-state index in [1.807, 2.05) is 18.7 Å². The van der Waals surface area contributed by atoms with Crippen molar-refractivity contribution in [2.75, 3.05) is 19.6 Å². The molecule has 2 aliphatic rings. The number of halogens is 3. The molecule has 0 radical (unpaired) electrons. The third-order valence-electron chi connectivity index (χ3n) is 4.37. The smallest absolute Gasteiger partial charge is 0.302 e. The number of Topliss-reactive ketones (excluding diaryl/α,β-unsaturated/α-hetero) is 1. The van der Waals surface area contributed by atoms with Gasteiger partial charge in [0.2, 0.25) is 0 Å². The Hall–Kier alpha value is -0.580. The van der Waals surface area contributed by atoms with Gasteiger partial charge in [-0.3, -0.25) is 4.79 Å². The SMILES string of the molecule is CC1(C)CCC(CN2CCC(C(F)(F)F)C2)C1=O. The Labute approximate surface area is 106 Å². The van der Waals surface area contributed by atoms with Crippen LogP contribution in [0.5, 0.6) is 0 Å². The quantitative estimate of drug-likeness (QED) is 0.763. The van der Waals surface area contributed by atoms with E-state index in [0.29, 0.717) is 13.1 Å². The van der Waals surface area contributed by atoms with Gasteiger partial charge in [-0.1, -0.05) is 13.8 Å². The molecule has 1 saturated carbocycles. The van der Waals surface area contributed by atoms with E-state index >= 15 is 0 Å². The minimum atomic E-state index is -4.09. The van der Waals surface area contributed by atoms with E-state index in [1.54, 1.807) is 0 Å². The molecule has 2 rings (SSSR count). The minimum absolute atomic E-state index is 0.0630. The van der Waals surface area contributed by atoms with Crippen molar-refractivity contribution in [2.24, 2.45) is 17.3 Å². The zero-order valence-electron chi connectivity index (χ0n) is 10.9. The minimum Gasteiger partial charge on any atom is -0.302 e. The molecule has 0 aromatic rings. The van der Waals surface area contributed by atoms with Crippen LogP contribution < -0.4 is 0 Å². The lowest BCUT2D eigenvalue weighted by Crippen LogP contribution is -2.34. The van der Waals surface area contributed by atoms with Crippen LogP contribution in [0, 0.1) is 17.3 Å². The molecule has 5 heteroatoms. The molecular formula is C13H20F3NO. The number of nitrogens with zero attached hydrogens (tertiary/aromatic N) is 1. The average Bonchev–Trinajstić information content (AvgIpc) is 2.79. The fourth-order valence-corrected chi connectivity index (χ4v) is 3.09. The normalized spacial score (nSPS) is 33.3. The number of carbonyl (C=O) groups excluding carboxylic acids is 1. The van der Waals surface area contributed by atoms with Gasteiger partial charge in [-0.15, -0.1) is 0 Å². The Balaban J connectivity index is 1.88. The lowest BCUT2D eigenvalue weighted by Gasteiger charge is -2.22. The maximum absolute atomic E-state index is 12.6. The van der Waals surface area contributed by atoms with Gasteiger partial charge in [-0.05, 0) is 25.8 Å². The van der Waals surface area contributed by atoms with E-state index in [0.717, 1.165) is 12.8 Å². The van der Waals surface area contributed by atoms with E-state index in [4.69, 9.17) is 0 Å². The van der Waals surface area contributed by atoms with Crippen molar-refractivity contribution in [1.29, 1.82) is 0 Å². The number of rotatable bonds is 2. The molecule has 1 aliphatic heterocycles. The topological polar surface area (TPSA) is 20.3 Å². The molecule has 18 heavy (non-hydrogen) atoms. The highest BCUT2D eigenvalue weighted by Gasteiger charge is 2.46. The van der Waals surface area contributed by atoms with Crippen LogP contribution in [0.25, 0.3) is 0 Å². The second-order valence-electron chi connectivity index (χ2n) is 6.27. The van der Waals surface area contributed by atoms with E-state index in [9.17, 15) is 18.0 Å². The Morgan fingerprint density at radius 3 is 2.44 bits per heavy atom. The third-order valence-corrected chi connectivity index (χ3v) is 4.37. The summed E-state index contributed by atoms with van der Waals surface area (Å²) in [5.41, 5.74) is -0.284. The molecule has 0 N–H and O–H groups in total. The van der Waals surface area contributed by atoms with Crippen LogP contribution in [0.2, 0.25) is 0 Å². The Morgan fingerprint density at radius 2 is 2.00 bits per heavy atom. The zero-order valence-corrected chi connectivity index (χ0v) is 10.9.